The lowest BCUT2D eigenvalue weighted by Gasteiger charge is -2.21. The number of esters is 4. The minimum atomic E-state index is -4.96. The van der Waals surface area contributed by atoms with Crippen molar-refractivity contribution in [3.05, 3.63) is 0 Å². The van der Waals surface area contributed by atoms with E-state index in [1.54, 1.807) is 0 Å². The Labute approximate surface area is 581 Å². The van der Waals surface area contributed by atoms with Gasteiger partial charge in [-0.2, -0.15) is 0 Å². The van der Waals surface area contributed by atoms with Crippen LogP contribution in [0.5, 0.6) is 0 Å². The first-order valence-corrected chi connectivity index (χ1v) is 42.4. The number of aliphatic hydroxyl groups excluding tert-OH is 1. The van der Waals surface area contributed by atoms with Crippen LogP contribution in [0.2, 0.25) is 0 Å². The van der Waals surface area contributed by atoms with Crippen LogP contribution >= 0.6 is 15.6 Å². The Balaban J connectivity index is 5.19. The van der Waals surface area contributed by atoms with Crippen LogP contribution in [0.15, 0.2) is 0 Å². The van der Waals surface area contributed by atoms with E-state index in [-0.39, 0.29) is 25.7 Å². The molecule has 0 amide bonds. The molecule has 19 heteroatoms. The van der Waals surface area contributed by atoms with Crippen molar-refractivity contribution in [2.45, 2.75) is 407 Å². The molecule has 0 saturated carbocycles. The normalized spacial score (nSPS) is 14.4. The van der Waals surface area contributed by atoms with E-state index in [1.807, 2.05) is 0 Å². The fourth-order valence-electron chi connectivity index (χ4n) is 11.6. The van der Waals surface area contributed by atoms with Crippen molar-refractivity contribution in [2.75, 3.05) is 39.6 Å². The summed E-state index contributed by atoms with van der Waals surface area (Å²) < 4.78 is 68.4. The van der Waals surface area contributed by atoms with E-state index in [0.29, 0.717) is 31.6 Å². The molecule has 0 radical (unpaired) electrons. The van der Waals surface area contributed by atoms with E-state index in [9.17, 15) is 43.2 Å². The number of unbranched alkanes of at least 4 members (excludes halogenated alkanes) is 41. The Hall–Kier alpha value is -1.94. The average Bonchev–Trinajstić information content (AvgIpc) is 1.61. The summed E-state index contributed by atoms with van der Waals surface area (Å²) in [6.07, 6.45) is 52.9. The Kier molecular flexibility index (Phi) is 65.2. The van der Waals surface area contributed by atoms with Gasteiger partial charge < -0.3 is 33.8 Å². The zero-order valence-electron chi connectivity index (χ0n) is 62.1. The largest absolute Gasteiger partial charge is 0.472 e. The van der Waals surface area contributed by atoms with Crippen LogP contribution in [0.1, 0.15) is 389 Å². The lowest BCUT2D eigenvalue weighted by molar-refractivity contribution is -0.161. The van der Waals surface area contributed by atoms with E-state index < -0.39 is 97.5 Å². The molecule has 0 aliphatic rings. The highest BCUT2D eigenvalue weighted by atomic mass is 31.2. The summed E-state index contributed by atoms with van der Waals surface area (Å²) in [7, 11) is -9.91. The van der Waals surface area contributed by atoms with Crippen LogP contribution in [-0.2, 0) is 65.4 Å². The van der Waals surface area contributed by atoms with Crippen molar-refractivity contribution in [3.63, 3.8) is 0 Å². The van der Waals surface area contributed by atoms with E-state index >= 15 is 0 Å². The van der Waals surface area contributed by atoms with Crippen molar-refractivity contribution < 1.29 is 80.2 Å². The smallest absolute Gasteiger partial charge is 0.462 e. The van der Waals surface area contributed by atoms with E-state index in [2.05, 4.69) is 48.5 Å². The van der Waals surface area contributed by atoms with Gasteiger partial charge in [-0.05, 0) is 43.4 Å². The third-order valence-electron chi connectivity index (χ3n) is 18.0. The molecular formula is C76H148O17P2. The lowest BCUT2D eigenvalue weighted by atomic mass is 9.99. The van der Waals surface area contributed by atoms with Crippen molar-refractivity contribution in [1.82, 2.24) is 0 Å². The fraction of sp³-hybridized carbons (Fsp3) is 0.947. The molecule has 6 atom stereocenters. The molecule has 0 heterocycles. The Bertz CT molecular complexity index is 1850. The summed E-state index contributed by atoms with van der Waals surface area (Å²) in [6, 6.07) is 0. The minimum Gasteiger partial charge on any atom is -0.462 e. The number of aliphatic hydroxyl groups is 1. The number of ether oxygens (including phenoxy) is 4. The molecule has 0 spiro atoms. The number of hydrogen-bond donors (Lipinski definition) is 3. The van der Waals surface area contributed by atoms with Gasteiger partial charge in [0, 0.05) is 25.7 Å². The van der Waals surface area contributed by atoms with Crippen molar-refractivity contribution in [1.29, 1.82) is 0 Å². The number of carbonyl (C=O) groups is 4. The summed E-state index contributed by atoms with van der Waals surface area (Å²) in [4.78, 5) is 72.7. The average molecular weight is 1400 g/mol. The molecule has 564 valence electrons. The minimum absolute atomic E-state index is 0.103. The molecule has 0 aromatic heterocycles. The summed E-state index contributed by atoms with van der Waals surface area (Å²) in [5.74, 6) is 0.232. The summed E-state index contributed by atoms with van der Waals surface area (Å²) in [5, 5.41) is 10.6. The molecule has 95 heavy (non-hydrogen) atoms. The van der Waals surface area contributed by atoms with Gasteiger partial charge in [0.1, 0.15) is 19.3 Å². The first-order chi connectivity index (χ1) is 45.8. The molecule has 0 aliphatic heterocycles. The van der Waals surface area contributed by atoms with Crippen molar-refractivity contribution >= 4 is 39.5 Å². The zero-order chi connectivity index (χ0) is 70.1. The van der Waals surface area contributed by atoms with Crippen LogP contribution in [0.3, 0.4) is 0 Å². The fourth-order valence-corrected chi connectivity index (χ4v) is 13.1. The molecule has 0 rings (SSSR count). The van der Waals surface area contributed by atoms with Crippen LogP contribution in [-0.4, -0.2) is 96.7 Å². The monoisotopic (exact) mass is 1400 g/mol. The quantitative estimate of drug-likeness (QED) is 0.0222. The number of phosphoric acid groups is 2. The maximum absolute atomic E-state index is 13.1. The van der Waals surface area contributed by atoms with Gasteiger partial charge in [0.15, 0.2) is 12.2 Å². The van der Waals surface area contributed by atoms with Gasteiger partial charge in [-0.15, -0.1) is 0 Å². The second kappa shape index (κ2) is 66.6. The molecule has 3 unspecified atom stereocenters. The number of phosphoric ester groups is 2. The molecule has 0 bridgehead atoms. The highest BCUT2D eigenvalue weighted by molar-refractivity contribution is 7.47. The van der Waals surface area contributed by atoms with Crippen LogP contribution < -0.4 is 0 Å². The SMILES string of the molecule is CCCCCCCCCCC(=O)OC[C@H](COP(=O)(O)OC[C@H](O)COP(=O)(O)OC[C@@H](COC(=O)CCCCCCCCCCCCCCCCC(C)CC)OC(=O)CCCCCCCCCCCCCCCCCCC(C)C)OC(=O)CCCCCCCCCC(C)C. The maximum atomic E-state index is 13.1. The van der Waals surface area contributed by atoms with Gasteiger partial charge in [0.25, 0.3) is 0 Å². The lowest BCUT2D eigenvalue weighted by Crippen LogP contribution is -2.30. The summed E-state index contributed by atoms with van der Waals surface area (Å²) >= 11 is 0. The first kappa shape index (κ1) is 93.1. The predicted molar refractivity (Wildman–Crippen MR) is 386 cm³/mol. The Morgan fingerprint density at radius 1 is 0.305 bits per heavy atom. The summed E-state index contributed by atoms with van der Waals surface area (Å²) in [5.41, 5.74) is 0. The molecule has 17 nitrogen and oxygen atoms in total. The van der Waals surface area contributed by atoms with Gasteiger partial charge >= 0.3 is 39.5 Å². The number of rotatable bonds is 74. The Morgan fingerprint density at radius 2 is 0.537 bits per heavy atom. The van der Waals surface area contributed by atoms with Gasteiger partial charge in [0.05, 0.1) is 26.4 Å². The highest BCUT2D eigenvalue weighted by Crippen LogP contribution is 2.45. The van der Waals surface area contributed by atoms with E-state index in [0.717, 1.165) is 108 Å². The number of hydrogen-bond acceptors (Lipinski definition) is 15. The third kappa shape index (κ3) is 69.0. The van der Waals surface area contributed by atoms with Crippen LogP contribution in [0.25, 0.3) is 0 Å². The van der Waals surface area contributed by atoms with Crippen molar-refractivity contribution in [3.8, 4) is 0 Å². The topological polar surface area (TPSA) is 237 Å². The molecular weight excluding hydrogens is 1250 g/mol. The van der Waals surface area contributed by atoms with Crippen molar-refractivity contribution in [2.24, 2.45) is 17.8 Å². The third-order valence-corrected chi connectivity index (χ3v) is 19.9. The molecule has 0 saturated heterocycles. The molecule has 0 aromatic rings. The van der Waals surface area contributed by atoms with Gasteiger partial charge in [-0.1, -0.05) is 337 Å². The second-order valence-corrected chi connectivity index (χ2v) is 31.5. The first-order valence-electron chi connectivity index (χ1n) is 39.4. The standard InChI is InChI=1S/C76H148O17P2/c1-8-10-11-12-13-36-43-50-57-73(78)86-63-72(93-76(81)60-53-46-39-32-34-41-48-55-68(5)6)66-91-95(84,85)89-62-70(77)61-88-94(82,83)90-65-71(64-87-74(79)58-51-44-37-30-26-22-19-18-21-25-29-35-42-49-56-69(7)9-2)92-75(80)59-52-45-38-31-27-23-17-15-14-16-20-24-28-33-40-47-54-67(3)4/h67-72,77H,8-66H2,1-7H3,(H,82,83)(H,84,85)/t69?,70-,71-,72-/m1/s1. The van der Waals surface area contributed by atoms with Gasteiger partial charge in [0.2, 0.25) is 0 Å². The Morgan fingerprint density at radius 3 is 0.800 bits per heavy atom. The molecule has 0 aromatic carbocycles. The number of carbonyl (C=O) groups excluding carboxylic acids is 4. The second-order valence-electron chi connectivity index (χ2n) is 28.6. The van der Waals surface area contributed by atoms with Crippen LogP contribution in [0, 0.1) is 17.8 Å². The molecule has 0 fully saturated rings. The van der Waals surface area contributed by atoms with E-state index in [4.69, 9.17) is 37.0 Å². The zero-order valence-corrected chi connectivity index (χ0v) is 63.9. The maximum Gasteiger partial charge on any atom is 0.472 e. The molecule has 0 aliphatic carbocycles. The predicted octanol–water partition coefficient (Wildman–Crippen LogP) is 22.2. The van der Waals surface area contributed by atoms with Crippen LogP contribution in [0.4, 0.5) is 0 Å². The van der Waals surface area contributed by atoms with Gasteiger partial charge in [-0.25, -0.2) is 9.13 Å². The van der Waals surface area contributed by atoms with E-state index in [1.165, 1.54) is 193 Å². The van der Waals surface area contributed by atoms with Gasteiger partial charge in [-0.3, -0.25) is 37.3 Å². The highest BCUT2D eigenvalue weighted by Gasteiger charge is 2.30. The summed E-state index contributed by atoms with van der Waals surface area (Å²) in [6.45, 7) is 11.9. The molecule has 3 N–H and O–H groups in total.